The van der Waals surface area contributed by atoms with Gasteiger partial charge >= 0.3 is 5.97 Å². The average molecular weight is 327 g/mol. The minimum Gasteiger partial charge on any atom is -0.493 e. The second-order valence-corrected chi connectivity index (χ2v) is 6.43. The van der Waals surface area contributed by atoms with Gasteiger partial charge in [0.05, 0.1) is 6.54 Å². The summed E-state index contributed by atoms with van der Waals surface area (Å²) in [6.45, 7) is 4.42. The van der Waals surface area contributed by atoms with E-state index >= 15 is 0 Å². The largest absolute Gasteiger partial charge is 0.493 e. The Balaban J connectivity index is 1.91. The van der Waals surface area contributed by atoms with E-state index in [-0.39, 0.29) is 6.54 Å². The van der Waals surface area contributed by atoms with Gasteiger partial charge in [-0.25, -0.2) is 0 Å². The van der Waals surface area contributed by atoms with Gasteiger partial charge < -0.3 is 9.84 Å². The Morgan fingerprint density at radius 3 is 2.83 bits per heavy atom. The fraction of sp³-hybridized carbons (Fsp3) is 0.450. The van der Waals surface area contributed by atoms with Gasteiger partial charge in [0.2, 0.25) is 0 Å². The first-order valence-corrected chi connectivity index (χ1v) is 8.70. The number of piperidine rings is 1. The lowest BCUT2D eigenvalue weighted by molar-refractivity contribution is -0.138. The number of carboxylic acid groups (broad SMARTS) is 1. The van der Waals surface area contributed by atoms with Gasteiger partial charge in [0.25, 0.3) is 0 Å². The molecule has 0 aromatic carbocycles. The van der Waals surface area contributed by atoms with Crippen LogP contribution in [0.5, 0.6) is 0 Å². The van der Waals surface area contributed by atoms with E-state index in [0.29, 0.717) is 6.61 Å². The molecule has 0 aromatic rings. The Morgan fingerprint density at radius 1 is 1.33 bits per heavy atom. The van der Waals surface area contributed by atoms with E-state index in [1.807, 2.05) is 17.9 Å². The number of hydrogen-bond acceptors (Lipinski definition) is 3. The lowest BCUT2D eigenvalue weighted by atomic mass is 9.84. The molecule has 0 atom stereocenters. The summed E-state index contributed by atoms with van der Waals surface area (Å²) in [5, 5.41) is 8.97. The predicted octanol–water partition coefficient (Wildman–Crippen LogP) is 3.60. The van der Waals surface area contributed by atoms with Crippen molar-refractivity contribution in [2.75, 3.05) is 26.2 Å². The predicted molar refractivity (Wildman–Crippen MR) is 94.6 cm³/mol. The summed E-state index contributed by atoms with van der Waals surface area (Å²) in [5.41, 5.74) is 5.26. The molecule has 0 saturated carbocycles. The lowest BCUT2D eigenvalue weighted by Gasteiger charge is -2.33. The number of likely N-dealkylation sites (tertiary alicyclic amines) is 1. The van der Waals surface area contributed by atoms with Gasteiger partial charge in [0.15, 0.2) is 0 Å². The van der Waals surface area contributed by atoms with E-state index in [1.165, 1.54) is 22.3 Å². The summed E-state index contributed by atoms with van der Waals surface area (Å²) in [6, 6.07) is 0. The van der Waals surface area contributed by atoms with E-state index in [4.69, 9.17) is 9.84 Å². The third-order valence-corrected chi connectivity index (χ3v) is 4.78. The minimum absolute atomic E-state index is 0.140. The fourth-order valence-corrected chi connectivity index (χ4v) is 3.61. The smallest absolute Gasteiger partial charge is 0.317 e. The third kappa shape index (κ3) is 3.70. The molecule has 2 heterocycles. The van der Waals surface area contributed by atoms with Crippen molar-refractivity contribution in [1.29, 1.82) is 0 Å². The van der Waals surface area contributed by atoms with Gasteiger partial charge in [-0.2, -0.15) is 0 Å². The molecule has 2 aliphatic heterocycles. The molecule has 0 spiro atoms. The second-order valence-electron chi connectivity index (χ2n) is 6.43. The number of hydrogen-bond donors (Lipinski definition) is 1. The number of ether oxygens (including phenoxy) is 1. The van der Waals surface area contributed by atoms with Crippen LogP contribution in [-0.4, -0.2) is 42.2 Å². The first-order chi connectivity index (χ1) is 11.7. The van der Waals surface area contributed by atoms with E-state index < -0.39 is 5.97 Å². The standard InChI is InChI=1S/C20H25NO3/c1-2-3-6-16-14-24-18-8-5-4-7-17(18)20(16)15-9-11-21(12-10-15)13-19(22)23/h2-4,6-7H,5,8-14H2,1H3,(H,22,23)/b3-2-,16-6+. The van der Waals surface area contributed by atoms with Crippen LogP contribution < -0.4 is 0 Å². The van der Waals surface area contributed by atoms with Gasteiger partial charge in [0.1, 0.15) is 12.4 Å². The van der Waals surface area contributed by atoms with Crippen molar-refractivity contribution in [3.63, 3.8) is 0 Å². The van der Waals surface area contributed by atoms with E-state index in [2.05, 4.69) is 24.3 Å². The molecule has 128 valence electrons. The molecule has 0 amide bonds. The lowest BCUT2D eigenvalue weighted by Crippen LogP contribution is -2.35. The molecule has 0 radical (unpaired) electrons. The van der Waals surface area contributed by atoms with Crippen molar-refractivity contribution in [2.24, 2.45) is 0 Å². The Hall–Kier alpha value is -2.07. The highest BCUT2D eigenvalue weighted by atomic mass is 16.5. The quantitative estimate of drug-likeness (QED) is 0.860. The molecule has 3 aliphatic rings. The summed E-state index contributed by atoms with van der Waals surface area (Å²) < 4.78 is 5.99. The molecule has 4 heteroatoms. The van der Waals surface area contributed by atoms with Crippen molar-refractivity contribution in [3.8, 4) is 0 Å². The Kier molecular flexibility index (Phi) is 5.36. The zero-order chi connectivity index (χ0) is 16.9. The molecule has 0 aromatic heterocycles. The summed E-state index contributed by atoms with van der Waals surface area (Å²) in [5.74, 6) is 0.372. The average Bonchev–Trinajstić information content (AvgIpc) is 2.60. The Labute approximate surface area is 143 Å². The monoisotopic (exact) mass is 327 g/mol. The van der Waals surface area contributed by atoms with Crippen LogP contribution in [0.3, 0.4) is 0 Å². The first kappa shape index (κ1) is 16.8. The maximum Gasteiger partial charge on any atom is 0.317 e. The normalized spacial score (nSPS) is 23.8. The molecule has 0 bridgehead atoms. The van der Waals surface area contributed by atoms with Crippen molar-refractivity contribution < 1.29 is 14.6 Å². The maximum absolute atomic E-state index is 10.9. The van der Waals surface area contributed by atoms with E-state index in [0.717, 1.165) is 44.5 Å². The summed E-state index contributed by atoms with van der Waals surface area (Å²) in [6.07, 6.45) is 14.6. The van der Waals surface area contributed by atoms with Crippen molar-refractivity contribution in [2.45, 2.75) is 32.6 Å². The fourth-order valence-electron chi connectivity index (χ4n) is 3.61. The molecular weight excluding hydrogens is 302 g/mol. The van der Waals surface area contributed by atoms with Crippen LogP contribution in [0.25, 0.3) is 0 Å². The zero-order valence-electron chi connectivity index (χ0n) is 14.3. The van der Waals surface area contributed by atoms with Gasteiger partial charge in [-0.15, -0.1) is 0 Å². The molecule has 0 unspecified atom stereocenters. The van der Waals surface area contributed by atoms with Gasteiger partial charge in [-0.3, -0.25) is 9.69 Å². The van der Waals surface area contributed by atoms with Crippen LogP contribution in [0.4, 0.5) is 0 Å². The van der Waals surface area contributed by atoms with Crippen molar-refractivity contribution in [1.82, 2.24) is 4.90 Å². The van der Waals surface area contributed by atoms with Gasteiger partial charge in [-0.1, -0.05) is 36.0 Å². The van der Waals surface area contributed by atoms with E-state index in [9.17, 15) is 4.79 Å². The Morgan fingerprint density at radius 2 is 2.12 bits per heavy atom. The maximum atomic E-state index is 10.9. The highest BCUT2D eigenvalue weighted by Gasteiger charge is 2.27. The number of aliphatic carboxylic acids is 1. The number of nitrogens with zero attached hydrogens (tertiary/aromatic N) is 1. The van der Waals surface area contributed by atoms with E-state index in [1.54, 1.807) is 0 Å². The SMILES string of the molecule is C/C=C\C=C1/COC2=C(C=CCC2)C1=C1CCN(CC(=O)O)CC1. The van der Waals surface area contributed by atoms with Crippen LogP contribution in [0.2, 0.25) is 0 Å². The summed E-state index contributed by atoms with van der Waals surface area (Å²) >= 11 is 0. The van der Waals surface area contributed by atoms with Crippen LogP contribution in [-0.2, 0) is 9.53 Å². The molecule has 24 heavy (non-hydrogen) atoms. The molecule has 1 fully saturated rings. The first-order valence-electron chi connectivity index (χ1n) is 8.70. The zero-order valence-corrected chi connectivity index (χ0v) is 14.3. The van der Waals surface area contributed by atoms with Gasteiger partial charge in [0, 0.05) is 25.1 Å². The molecule has 1 aliphatic carbocycles. The van der Waals surface area contributed by atoms with Crippen LogP contribution in [0.15, 0.2) is 58.4 Å². The molecule has 1 saturated heterocycles. The minimum atomic E-state index is -0.744. The Bertz CT molecular complexity index is 654. The summed E-state index contributed by atoms with van der Waals surface area (Å²) in [7, 11) is 0. The molecular formula is C20H25NO3. The number of rotatable bonds is 3. The highest BCUT2D eigenvalue weighted by Crippen LogP contribution is 2.39. The molecule has 4 nitrogen and oxygen atoms in total. The third-order valence-electron chi connectivity index (χ3n) is 4.78. The molecule has 3 rings (SSSR count). The van der Waals surface area contributed by atoms with Crippen molar-refractivity contribution in [3.05, 3.63) is 58.4 Å². The highest BCUT2D eigenvalue weighted by molar-refractivity contribution is 5.69. The van der Waals surface area contributed by atoms with Crippen LogP contribution in [0.1, 0.15) is 32.6 Å². The van der Waals surface area contributed by atoms with Gasteiger partial charge in [-0.05, 0) is 37.3 Å². The number of carboxylic acids is 1. The summed E-state index contributed by atoms with van der Waals surface area (Å²) in [4.78, 5) is 12.9. The van der Waals surface area contributed by atoms with Crippen LogP contribution in [0, 0.1) is 0 Å². The number of allylic oxidation sites excluding steroid dienone is 7. The van der Waals surface area contributed by atoms with Crippen molar-refractivity contribution >= 4 is 5.97 Å². The topological polar surface area (TPSA) is 49.8 Å². The molecule has 1 N–H and O–H groups in total. The number of carbonyl (C=O) groups is 1. The second kappa shape index (κ2) is 7.67. The van der Waals surface area contributed by atoms with Crippen LogP contribution >= 0.6 is 0 Å².